The normalized spacial score (nSPS) is 15.3. The largest absolute Gasteiger partial charge is 0.329 e. The molecule has 1 aliphatic heterocycles. The van der Waals surface area contributed by atoms with Crippen molar-refractivity contribution in [2.24, 2.45) is 0 Å². The Kier molecular flexibility index (Phi) is 5.58. The molecule has 2 aromatic carbocycles. The van der Waals surface area contributed by atoms with Gasteiger partial charge < -0.3 is 10.6 Å². The van der Waals surface area contributed by atoms with Crippen LogP contribution in [0.3, 0.4) is 0 Å². The number of benzene rings is 2. The second-order valence-corrected chi connectivity index (χ2v) is 7.05. The number of carbonyl (C=O) groups is 3. The Hall–Kier alpha value is -2.39. The third kappa shape index (κ3) is 4.23. The maximum Gasteiger partial charge on any atom is 0.329 e. The van der Waals surface area contributed by atoms with E-state index in [-0.39, 0.29) is 12.2 Å². The first-order valence-electron chi connectivity index (χ1n) is 7.58. The molecule has 0 unspecified atom stereocenters. The Morgan fingerprint density at radius 3 is 2.54 bits per heavy atom. The van der Waals surface area contributed by atoms with Gasteiger partial charge in [0.2, 0.25) is 5.91 Å². The van der Waals surface area contributed by atoms with Crippen molar-refractivity contribution in [1.29, 1.82) is 0 Å². The maximum atomic E-state index is 12.4. The second kappa shape index (κ2) is 7.88. The number of rotatable bonds is 4. The summed E-state index contributed by atoms with van der Waals surface area (Å²) in [7, 11) is 0. The first-order valence-corrected chi connectivity index (χ1v) is 9.04. The van der Waals surface area contributed by atoms with Crippen molar-refractivity contribution >= 4 is 63.8 Å². The Bertz CT molecular complexity index is 912. The molecule has 1 heterocycles. The topological polar surface area (TPSA) is 78.5 Å². The number of urea groups is 1. The van der Waals surface area contributed by atoms with Crippen molar-refractivity contribution < 1.29 is 14.4 Å². The van der Waals surface area contributed by atoms with E-state index in [2.05, 4.69) is 33.2 Å². The lowest BCUT2D eigenvalue weighted by Gasteiger charge is -2.12. The highest BCUT2D eigenvalue weighted by Gasteiger charge is 2.34. The van der Waals surface area contributed by atoms with Crippen LogP contribution in [0.5, 0.6) is 0 Å². The maximum absolute atomic E-state index is 12.4. The molecule has 4 amide bonds. The van der Waals surface area contributed by atoms with E-state index in [1.165, 1.54) is 0 Å². The number of amides is 4. The molecule has 0 bridgehead atoms. The lowest BCUT2D eigenvalue weighted by molar-refractivity contribution is -0.127. The molecule has 1 saturated heterocycles. The molecule has 2 N–H and O–H groups in total. The van der Waals surface area contributed by atoms with Crippen molar-refractivity contribution in [3.05, 3.63) is 68.4 Å². The zero-order valence-electron chi connectivity index (χ0n) is 13.3. The van der Waals surface area contributed by atoms with Gasteiger partial charge in [-0.2, -0.15) is 0 Å². The van der Waals surface area contributed by atoms with Crippen LogP contribution in [0.4, 0.5) is 10.5 Å². The highest BCUT2D eigenvalue weighted by molar-refractivity contribution is 14.1. The molecule has 1 aliphatic rings. The quantitative estimate of drug-likeness (QED) is 0.399. The molecular formula is C18H13ClIN3O3. The van der Waals surface area contributed by atoms with Crippen LogP contribution in [0.2, 0.25) is 5.02 Å². The molecule has 1 fully saturated rings. The van der Waals surface area contributed by atoms with Gasteiger partial charge in [0.05, 0.1) is 0 Å². The highest BCUT2D eigenvalue weighted by atomic mass is 127. The number of imide groups is 1. The average Bonchev–Trinajstić information content (AvgIpc) is 2.86. The molecule has 26 heavy (non-hydrogen) atoms. The first kappa shape index (κ1) is 18.4. The molecule has 2 aromatic rings. The SMILES string of the molecule is O=C(CN1C(=O)N/C(=C\c2ccccc2I)C1=O)Nc1ccc(Cl)cc1. The fraction of sp³-hybridized carbons (Fsp3) is 0.0556. The zero-order valence-corrected chi connectivity index (χ0v) is 16.2. The molecule has 6 nitrogen and oxygen atoms in total. The highest BCUT2D eigenvalue weighted by Crippen LogP contribution is 2.18. The van der Waals surface area contributed by atoms with Gasteiger partial charge in [-0.3, -0.25) is 9.59 Å². The van der Waals surface area contributed by atoms with Gasteiger partial charge in [0.25, 0.3) is 5.91 Å². The fourth-order valence-electron chi connectivity index (χ4n) is 2.34. The molecule has 0 radical (unpaired) electrons. The van der Waals surface area contributed by atoms with Gasteiger partial charge in [0.1, 0.15) is 12.2 Å². The van der Waals surface area contributed by atoms with Gasteiger partial charge in [-0.25, -0.2) is 9.69 Å². The predicted molar refractivity (Wildman–Crippen MR) is 107 cm³/mol. The third-order valence-corrected chi connectivity index (χ3v) is 4.83. The summed E-state index contributed by atoms with van der Waals surface area (Å²) in [6, 6.07) is 13.4. The van der Waals surface area contributed by atoms with Crippen LogP contribution in [-0.2, 0) is 9.59 Å². The van der Waals surface area contributed by atoms with Crippen LogP contribution in [0.25, 0.3) is 6.08 Å². The fourth-order valence-corrected chi connectivity index (χ4v) is 3.01. The summed E-state index contributed by atoms with van der Waals surface area (Å²) in [6.45, 7) is -0.378. The lowest BCUT2D eigenvalue weighted by atomic mass is 10.2. The predicted octanol–water partition coefficient (Wildman–Crippen LogP) is 3.48. The molecule has 0 atom stereocenters. The average molecular weight is 482 g/mol. The first-order chi connectivity index (χ1) is 12.4. The van der Waals surface area contributed by atoms with E-state index in [1.807, 2.05) is 24.3 Å². The van der Waals surface area contributed by atoms with Crippen LogP contribution < -0.4 is 10.6 Å². The minimum absolute atomic E-state index is 0.137. The Morgan fingerprint density at radius 1 is 1.15 bits per heavy atom. The Balaban J connectivity index is 1.70. The van der Waals surface area contributed by atoms with E-state index >= 15 is 0 Å². The number of nitrogens with zero attached hydrogens (tertiary/aromatic N) is 1. The molecule has 3 rings (SSSR count). The minimum atomic E-state index is -0.626. The minimum Gasteiger partial charge on any atom is -0.325 e. The van der Waals surface area contributed by atoms with E-state index in [1.54, 1.807) is 30.3 Å². The van der Waals surface area contributed by atoms with Gasteiger partial charge in [-0.15, -0.1) is 0 Å². The number of hydrogen-bond acceptors (Lipinski definition) is 3. The van der Waals surface area contributed by atoms with Gasteiger partial charge in [0.15, 0.2) is 0 Å². The molecule has 0 aliphatic carbocycles. The Labute approximate surface area is 168 Å². The number of hydrogen-bond donors (Lipinski definition) is 2. The van der Waals surface area contributed by atoms with Crippen molar-refractivity contribution in [3.8, 4) is 0 Å². The van der Waals surface area contributed by atoms with Crippen molar-refractivity contribution in [3.63, 3.8) is 0 Å². The molecule has 0 aromatic heterocycles. The van der Waals surface area contributed by atoms with Crippen LogP contribution in [0.15, 0.2) is 54.2 Å². The molecular weight excluding hydrogens is 469 g/mol. The van der Waals surface area contributed by atoms with E-state index in [4.69, 9.17) is 11.6 Å². The van der Waals surface area contributed by atoms with Crippen molar-refractivity contribution in [1.82, 2.24) is 10.2 Å². The standard InChI is InChI=1S/C18H13ClIN3O3/c19-12-5-7-13(8-6-12)21-16(24)10-23-17(25)15(22-18(23)26)9-11-3-1-2-4-14(11)20/h1-9H,10H2,(H,21,24)(H,22,26)/b15-9-. The molecule has 0 saturated carbocycles. The number of nitrogens with one attached hydrogen (secondary N) is 2. The van der Waals surface area contributed by atoms with Crippen LogP contribution in [0.1, 0.15) is 5.56 Å². The summed E-state index contributed by atoms with van der Waals surface area (Å²) >= 11 is 7.94. The monoisotopic (exact) mass is 481 g/mol. The van der Waals surface area contributed by atoms with Gasteiger partial charge in [-0.1, -0.05) is 29.8 Å². The van der Waals surface area contributed by atoms with E-state index < -0.39 is 17.8 Å². The number of halogens is 2. The molecule has 132 valence electrons. The second-order valence-electron chi connectivity index (χ2n) is 5.46. The Morgan fingerprint density at radius 2 is 1.85 bits per heavy atom. The number of carbonyl (C=O) groups excluding carboxylic acids is 3. The third-order valence-electron chi connectivity index (χ3n) is 3.60. The molecule has 0 spiro atoms. The summed E-state index contributed by atoms with van der Waals surface area (Å²) in [6.07, 6.45) is 1.60. The smallest absolute Gasteiger partial charge is 0.325 e. The van der Waals surface area contributed by atoms with Gasteiger partial charge >= 0.3 is 6.03 Å². The summed E-state index contributed by atoms with van der Waals surface area (Å²) in [5.41, 5.74) is 1.48. The zero-order chi connectivity index (χ0) is 18.7. The van der Waals surface area contributed by atoms with Crippen molar-refractivity contribution in [2.45, 2.75) is 0 Å². The summed E-state index contributed by atoms with van der Waals surface area (Å²) in [4.78, 5) is 37.5. The van der Waals surface area contributed by atoms with E-state index in [9.17, 15) is 14.4 Å². The number of anilines is 1. The van der Waals surface area contributed by atoms with Crippen molar-refractivity contribution in [2.75, 3.05) is 11.9 Å². The van der Waals surface area contributed by atoms with Crippen LogP contribution >= 0.6 is 34.2 Å². The summed E-state index contributed by atoms with van der Waals surface area (Å²) in [5.74, 6) is -1.02. The van der Waals surface area contributed by atoms with Crippen LogP contribution in [0, 0.1) is 3.57 Å². The van der Waals surface area contributed by atoms with Crippen LogP contribution in [-0.4, -0.2) is 29.3 Å². The van der Waals surface area contributed by atoms with Gasteiger partial charge in [-0.05, 0) is 64.6 Å². The summed E-state index contributed by atoms with van der Waals surface area (Å²) < 4.78 is 0.943. The van der Waals surface area contributed by atoms with E-state index in [0.717, 1.165) is 14.0 Å². The summed E-state index contributed by atoms with van der Waals surface area (Å²) in [5, 5.41) is 5.67. The molecule has 8 heteroatoms. The van der Waals surface area contributed by atoms with E-state index in [0.29, 0.717) is 10.7 Å². The lowest BCUT2D eigenvalue weighted by Crippen LogP contribution is -2.38. The van der Waals surface area contributed by atoms with Gasteiger partial charge in [0, 0.05) is 14.3 Å².